The molecule has 0 aliphatic carbocycles. The van der Waals surface area contributed by atoms with E-state index in [4.69, 9.17) is 9.47 Å². The number of benzene rings is 2. The fourth-order valence-electron chi connectivity index (χ4n) is 4.68. The van der Waals surface area contributed by atoms with E-state index in [0.29, 0.717) is 31.1 Å². The SMILES string of the molecule is COc1cc(C=C2CCCN([C@@H]3CCOc4cc(F)ccc43)C2=O)ccc1-n1cnc(C)c1. The molecule has 7 heteroatoms. The monoisotopic (exact) mass is 447 g/mol. The number of aromatic nitrogens is 2. The molecule has 1 saturated heterocycles. The second-order valence-corrected chi connectivity index (χ2v) is 8.46. The Morgan fingerprint density at radius 3 is 2.91 bits per heavy atom. The van der Waals surface area contributed by atoms with E-state index in [9.17, 15) is 9.18 Å². The predicted molar refractivity (Wildman–Crippen MR) is 123 cm³/mol. The molecule has 0 radical (unpaired) electrons. The summed E-state index contributed by atoms with van der Waals surface area (Å²) in [7, 11) is 1.64. The van der Waals surface area contributed by atoms with Gasteiger partial charge >= 0.3 is 0 Å². The zero-order valence-electron chi connectivity index (χ0n) is 18.8. The topological polar surface area (TPSA) is 56.6 Å². The minimum absolute atomic E-state index is 0.0247. The Hall–Kier alpha value is -3.61. The van der Waals surface area contributed by atoms with Gasteiger partial charge in [-0.1, -0.05) is 12.1 Å². The van der Waals surface area contributed by atoms with Crippen LogP contribution in [0.4, 0.5) is 4.39 Å². The summed E-state index contributed by atoms with van der Waals surface area (Å²) in [6.07, 6.45) is 7.95. The zero-order chi connectivity index (χ0) is 22.9. The predicted octanol–water partition coefficient (Wildman–Crippen LogP) is 4.86. The standard InChI is InChI=1S/C26H26FN3O3/c1-17-15-29(16-28-17)23-8-5-18(13-25(23)32-2)12-19-4-3-10-30(26(19)31)22-9-11-33-24-14-20(27)6-7-21(22)24/h5-8,12-16,22H,3-4,9-11H2,1-2H3/t22-/m1/s1. The van der Waals surface area contributed by atoms with Crippen molar-refractivity contribution in [3.63, 3.8) is 0 Å². The minimum Gasteiger partial charge on any atom is -0.495 e. The first-order valence-electron chi connectivity index (χ1n) is 11.2. The molecule has 1 aromatic heterocycles. The number of hydrogen-bond donors (Lipinski definition) is 0. The Labute approximate surface area is 192 Å². The first kappa shape index (κ1) is 21.2. The van der Waals surface area contributed by atoms with Gasteiger partial charge in [0.25, 0.3) is 0 Å². The summed E-state index contributed by atoms with van der Waals surface area (Å²) in [4.78, 5) is 19.6. The molecule has 6 nitrogen and oxygen atoms in total. The molecule has 1 amide bonds. The van der Waals surface area contributed by atoms with Gasteiger partial charge in [-0.05, 0) is 49.6 Å². The highest BCUT2D eigenvalue weighted by atomic mass is 19.1. The van der Waals surface area contributed by atoms with Crippen LogP contribution in [0.5, 0.6) is 11.5 Å². The van der Waals surface area contributed by atoms with E-state index >= 15 is 0 Å². The molecule has 1 atom stereocenters. The first-order chi connectivity index (χ1) is 16.0. The van der Waals surface area contributed by atoms with Gasteiger partial charge in [-0.15, -0.1) is 0 Å². The van der Waals surface area contributed by atoms with E-state index < -0.39 is 0 Å². The van der Waals surface area contributed by atoms with E-state index in [1.807, 2.05) is 46.9 Å². The van der Waals surface area contributed by atoms with Crippen LogP contribution in [0.2, 0.25) is 0 Å². The summed E-state index contributed by atoms with van der Waals surface area (Å²) in [5.41, 5.74) is 4.37. The van der Waals surface area contributed by atoms with Crippen molar-refractivity contribution < 1.29 is 18.7 Å². The Morgan fingerprint density at radius 2 is 2.12 bits per heavy atom. The van der Waals surface area contributed by atoms with Crippen LogP contribution < -0.4 is 9.47 Å². The van der Waals surface area contributed by atoms with Crippen molar-refractivity contribution in [1.29, 1.82) is 0 Å². The Kier molecular flexibility index (Phi) is 5.62. The molecule has 33 heavy (non-hydrogen) atoms. The zero-order valence-corrected chi connectivity index (χ0v) is 18.8. The number of piperidine rings is 1. The highest BCUT2D eigenvalue weighted by molar-refractivity contribution is 5.99. The number of carbonyl (C=O) groups excluding carboxylic acids is 1. The molecular formula is C26H26FN3O3. The molecule has 1 fully saturated rings. The van der Waals surface area contributed by atoms with Crippen molar-refractivity contribution in [2.45, 2.75) is 32.2 Å². The normalized spacial score (nSPS) is 19.4. The fourth-order valence-corrected chi connectivity index (χ4v) is 4.68. The van der Waals surface area contributed by atoms with Crippen LogP contribution in [0.3, 0.4) is 0 Å². The lowest BCUT2D eigenvalue weighted by atomic mass is 9.93. The van der Waals surface area contributed by atoms with E-state index in [2.05, 4.69) is 4.98 Å². The average molecular weight is 448 g/mol. The number of methoxy groups -OCH3 is 1. The Balaban J connectivity index is 1.43. The van der Waals surface area contributed by atoms with Crippen LogP contribution in [-0.4, -0.2) is 40.6 Å². The number of aryl methyl sites for hydroxylation is 1. The van der Waals surface area contributed by atoms with E-state index in [1.54, 1.807) is 19.5 Å². The molecule has 170 valence electrons. The van der Waals surface area contributed by atoms with Crippen molar-refractivity contribution in [2.24, 2.45) is 0 Å². The van der Waals surface area contributed by atoms with Crippen molar-refractivity contribution in [3.8, 4) is 17.2 Å². The van der Waals surface area contributed by atoms with Crippen molar-refractivity contribution in [1.82, 2.24) is 14.5 Å². The third-order valence-electron chi connectivity index (χ3n) is 6.27. The summed E-state index contributed by atoms with van der Waals surface area (Å²) >= 11 is 0. The van der Waals surface area contributed by atoms with Crippen molar-refractivity contribution in [2.75, 3.05) is 20.3 Å². The maximum atomic E-state index is 13.7. The first-order valence-corrected chi connectivity index (χ1v) is 11.2. The molecule has 3 heterocycles. The Bertz CT molecular complexity index is 1230. The lowest BCUT2D eigenvalue weighted by molar-refractivity contribution is -0.131. The largest absolute Gasteiger partial charge is 0.495 e. The van der Waals surface area contributed by atoms with Gasteiger partial charge in [0.05, 0.1) is 37.5 Å². The number of rotatable bonds is 4. The minimum atomic E-state index is -0.330. The van der Waals surface area contributed by atoms with Gasteiger partial charge < -0.3 is 18.9 Å². The number of ether oxygens (including phenoxy) is 2. The molecule has 0 unspecified atom stereocenters. The van der Waals surface area contributed by atoms with Crippen LogP contribution in [0.1, 0.15) is 42.1 Å². The van der Waals surface area contributed by atoms with Crippen molar-refractivity contribution in [3.05, 3.63) is 77.1 Å². The molecule has 2 aromatic carbocycles. The number of nitrogens with zero attached hydrogens (tertiary/aromatic N) is 3. The van der Waals surface area contributed by atoms with Crippen LogP contribution in [0, 0.1) is 12.7 Å². The van der Waals surface area contributed by atoms with Gasteiger partial charge in [0, 0.05) is 36.4 Å². The summed E-state index contributed by atoms with van der Waals surface area (Å²) in [5.74, 6) is 0.937. The lowest BCUT2D eigenvalue weighted by Crippen LogP contribution is -2.41. The number of likely N-dealkylation sites (tertiary alicyclic amines) is 1. The molecule has 2 aliphatic heterocycles. The van der Waals surface area contributed by atoms with E-state index in [0.717, 1.165) is 40.9 Å². The smallest absolute Gasteiger partial charge is 0.250 e. The number of carbonyl (C=O) groups is 1. The maximum Gasteiger partial charge on any atom is 0.250 e. The number of amides is 1. The quantitative estimate of drug-likeness (QED) is 0.536. The van der Waals surface area contributed by atoms with Gasteiger partial charge in [0.15, 0.2) is 0 Å². The van der Waals surface area contributed by atoms with Gasteiger partial charge in [-0.2, -0.15) is 0 Å². The van der Waals surface area contributed by atoms with Gasteiger partial charge in [-0.25, -0.2) is 9.37 Å². The van der Waals surface area contributed by atoms with E-state index in [-0.39, 0.29) is 17.8 Å². The third-order valence-corrected chi connectivity index (χ3v) is 6.27. The molecule has 0 N–H and O–H groups in total. The molecule has 2 aliphatic rings. The molecule has 5 rings (SSSR count). The summed E-state index contributed by atoms with van der Waals surface area (Å²) < 4.78 is 26.8. The van der Waals surface area contributed by atoms with Gasteiger partial charge in [0.1, 0.15) is 17.3 Å². The van der Waals surface area contributed by atoms with Crippen LogP contribution in [0.25, 0.3) is 11.8 Å². The average Bonchev–Trinajstić information content (AvgIpc) is 3.26. The van der Waals surface area contributed by atoms with Crippen molar-refractivity contribution >= 4 is 12.0 Å². The highest BCUT2D eigenvalue weighted by Gasteiger charge is 2.33. The summed E-state index contributed by atoms with van der Waals surface area (Å²) in [6.45, 7) is 3.09. The maximum absolute atomic E-state index is 13.7. The summed E-state index contributed by atoms with van der Waals surface area (Å²) in [6, 6.07) is 10.4. The molecule has 0 spiro atoms. The lowest BCUT2D eigenvalue weighted by Gasteiger charge is -2.38. The molecule has 3 aromatic rings. The molecule has 0 bridgehead atoms. The van der Waals surface area contributed by atoms with Gasteiger partial charge in [-0.3, -0.25) is 4.79 Å². The Morgan fingerprint density at radius 1 is 1.24 bits per heavy atom. The number of halogens is 1. The van der Waals surface area contributed by atoms with Gasteiger partial charge in [0.2, 0.25) is 5.91 Å². The summed E-state index contributed by atoms with van der Waals surface area (Å²) in [5, 5.41) is 0. The number of fused-ring (bicyclic) bond motifs is 1. The third kappa shape index (κ3) is 4.11. The number of imidazole rings is 1. The second-order valence-electron chi connectivity index (χ2n) is 8.46. The molecular weight excluding hydrogens is 421 g/mol. The number of hydrogen-bond acceptors (Lipinski definition) is 4. The van der Waals surface area contributed by atoms with Crippen LogP contribution in [-0.2, 0) is 4.79 Å². The van der Waals surface area contributed by atoms with Crippen LogP contribution >= 0.6 is 0 Å². The van der Waals surface area contributed by atoms with Crippen LogP contribution in [0.15, 0.2) is 54.5 Å². The van der Waals surface area contributed by atoms with E-state index in [1.165, 1.54) is 12.1 Å². The molecule has 0 saturated carbocycles. The fraction of sp³-hybridized carbons (Fsp3) is 0.308. The highest BCUT2D eigenvalue weighted by Crippen LogP contribution is 2.39. The second kappa shape index (κ2) is 8.73.